The normalized spacial score (nSPS) is 13.9. The van der Waals surface area contributed by atoms with Crippen molar-refractivity contribution in [3.05, 3.63) is 46.2 Å². The van der Waals surface area contributed by atoms with E-state index in [-0.39, 0.29) is 30.4 Å². The van der Waals surface area contributed by atoms with Gasteiger partial charge >= 0.3 is 6.03 Å². The molecular formula is C15H19N7O3. The van der Waals surface area contributed by atoms with Crippen LogP contribution in [0.25, 0.3) is 0 Å². The van der Waals surface area contributed by atoms with Crippen molar-refractivity contribution < 1.29 is 9.59 Å². The molecule has 3 amide bonds. The van der Waals surface area contributed by atoms with Gasteiger partial charge in [-0.3, -0.25) is 14.2 Å². The van der Waals surface area contributed by atoms with Gasteiger partial charge in [0, 0.05) is 38.6 Å². The van der Waals surface area contributed by atoms with Gasteiger partial charge in [-0.2, -0.15) is 0 Å². The first-order valence-corrected chi connectivity index (χ1v) is 7.85. The monoisotopic (exact) mass is 345 g/mol. The van der Waals surface area contributed by atoms with Crippen LogP contribution in [0.2, 0.25) is 0 Å². The number of aryl methyl sites for hydroxylation is 1. The van der Waals surface area contributed by atoms with Crippen LogP contribution in [0.1, 0.15) is 28.6 Å². The maximum absolute atomic E-state index is 12.3. The Balaban J connectivity index is 1.78. The highest BCUT2D eigenvalue weighted by atomic mass is 16.2. The lowest BCUT2D eigenvalue weighted by atomic mass is 10.3. The first-order valence-electron chi connectivity index (χ1n) is 7.85. The Hall–Kier alpha value is -3.17. The van der Waals surface area contributed by atoms with E-state index in [9.17, 15) is 14.4 Å². The Morgan fingerprint density at radius 3 is 2.84 bits per heavy atom. The summed E-state index contributed by atoms with van der Waals surface area (Å²) in [5.41, 5.74) is 5.55. The summed E-state index contributed by atoms with van der Waals surface area (Å²) in [6.07, 6.45) is 3.83. The highest BCUT2D eigenvalue weighted by molar-refractivity contribution is 5.90. The van der Waals surface area contributed by atoms with Gasteiger partial charge in [0.15, 0.2) is 5.82 Å². The van der Waals surface area contributed by atoms with E-state index in [1.807, 2.05) is 0 Å². The van der Waals surface area contributed by atoms with Crippen LogP contribution in [-0.2, 0) is 26.7 Å². The zero-order chi connectivity index (χ0) is 18.0. The van der Waals surface area contributed by atoms with Crippen LogP contribution in [0, 0.1) is 0 Å². The van der Waals surface area contributed by atoms with Gasteiger partial charge < -0.3 is 20.5 Å². The van der Waals surface area contributed by atoms with Crippen molar-refractivity contribution in [1.29, 1.82) is 0 Å². The van der Waals surface area contributed by atoms with E-state index in [0.717, 1.165) is 0 Å². The lowest BCUT2D eigenvalue weighted by Crippen LogP contribution is -2.36. The molecule has 132 valence electrons. The molecular weight excluding hydrogens is 326 g/mol. The third-order valence-corrected chi connectivity index (χ3v) is 4.05. The molecule has 3 heterocycles. The van der Waals surface area contributed by atoms with Crippen LogP contribution in [0.4, 0.5) is 4.79 Å². The van der Waals surface area contributed by atoms with Gasteiger partial charge in [0.2, 0.25) is 0 Å². The van der Waals surface area contributed by atoms with Gasteiger partial charge in [0.1, 0.15) is 5.82 Å². The number of nitrogens with two attached hydrogens (primary N) is 1. The summed E-state index contributed by atoms with van der Waals surface area (Å²) in [6, 6.07) is 0.846. The second-order valence-electron chi connectivity index (χ2n) is 5.81. The molecule has 3 N–H and O–H groups in total. The second kappa shape index (κ2) is 6.75. The van der Waals surface area contributed by atoms with E-state index in [1.54, 1.807) is 17.8 Å². The number of amides is 3. The fourth-order valence-corrected chi connectivity index (χ4v) is 2.75. The summed E-state index contributed by atoms with van der Waals surface area (Å²) in [5, 5.41) is 2.69. The van der Waals surface area contributed by atoms with Gasteiger partial charge in [-0.05, 0) is 6.42 Å². The van der Waals surface area contributed by atoms with Gasteiger partial charge in [0.05, 0.1) is 18.8 Å². The predicted octanol–water partition coefficient (Wildman–Crippen LogP) is -0.809. The van der Waals surface area contributed by atoms with Crippen LogP contribution in [0.5, 0.6) is 0 Å². The van der Waals surface area contributed by atoms with Crippen molar-refractivity contribution >= 4 is 11.9 Å². The Morgan fingerprint density at radius 2 is 2.16 bits per heavy atom. The summed E-state index contributed by atoms with van der Waals surface area (Å²) in [5.74, 6) is 0.375. The Bertz CT molecular complexity index is 870. The van der Waals surface area contributed by atoms with Crippen LogP contribution >= 0.6 is 0 Å². The highest BCUT2D eigenvalue weighted by Crippen LogP contribution is 2.09. The summed E-state index contributed by atoms with van der Waals surface area (Å²) in [4.78, 5) is 45.7. The molecule has 0 aliphatic carbocycles. The number of imidazole rings is 1. The van der Waals surface area contributed by atoms with Crippen molar-refractivity contribution in [3.63, 3.8) is 0 Å². The first-order chi connectivity index (χ1) is 12.0. The van der Waals surface area contributed by atoms with Crippen molar-refractivity contribution in [2.45, 2.75) is 26.1 Å². The third kappa shape index (κ3) is 3.52. The summed E-state index contributed by atoms with van der Waals surface area (Å²) in [7, 11) is 1.72. The van der Waals surface area contributed by atoms with E-state index in [2.05, 4.69) is 15.3 Å². The minimum Gasteiger partial charge on any atom is -0.351 e. The molecule has 0 aromatic carbocycles. The number of carbonyl (C=O) groups excluding carboxylic acids is 2. The lowest BCUT2D eigenvalue weighted by molar-refractivity contribution is 0.0937. The van der Waals surface area contributed by atoms with E-state index in [4.69, 9.17) is 5.73 Å². The average molecular weight is 345 g/mol. The zero-order valence-corrected chi connectivity index (χ0v) is 13.8. The fourth-order valence-electron chi connectivity index (χ4n) is 2.75. The number of hydrogen-bond donors (Lipinski definition) is 2. The number of nitrogens with one attached hydrogen (secondary N) is 1. The number of urea groups is 1. The second-order valence-corrected chi connectivity index (χ2v) is 5.81. The SMILES string of the molecule is Cn1ccnc1C(=O)NCc1cc(=O)n2c(n1)CN(C(N)=O)CCC2. The zero-order valence-electron chi connectivity index (χ0n) is 13.8. The molecule has 0 spiro atoms. The van der Waals surface area contributed by atoms with E-state index >= 15 is 0 Å². The standard InChI is InChI=1S/C15H19N7O3/c1-20-6-3-17-13(20)14(24)18-8-10-7-12(23)22-5-2-4-21(15(16)25)9-11(22)19-10/h3,6-7H,2,4-5,8-9H2,1H3,(H2,16,25)(H,18,24). The molecule has 0 saturated carbocycles. The molecule has 0 saturated heterocycles. The molecule has 2 aromatic rings. The molecule has 0 bridgehead atoms. The number of nitrogens with zero attached hydrogens (tertiary/aromatic N) is 5. The number of carbonyl (C=O) groups is 2. The quantitative estimate of drug-likeness (QED) is 0.752. The van der Waals surface area contributed by atoms with Crippen LogP contribution in [-0.4, -0.2) is 42.5 Å². The molecule has 2 aromatic heterocycles. The molecule has 10 heteroatoms. The predicted molar refractivity (Wildman–Crippen MR) is 87.5 cm³/mol. The minimum absolute atomic E-state index is 0.0886. The largest absolute Gasteiger partial charge is 0.351 e. The van der Waals surface area contributed by atoms with E-state index in [0.29, 0.717) is 31.0 Å². The highest BCUT2D eigenvalue weighted by Gasteiger charge is 2.19. The van der Waals surface area contributed by atoms with Crippen LogP contribution in [0.15, 0.2) is 23.3 Å². The molecule has 1 aliphatic heterocycles. The smallest absolute Gasteiger partial charge is 0.315 e. The molecule has 10 nitrogen and oxygen atoms in total. The van der Waals surface area contributed by atoms with Gasteiger partial charge in [-0.25, -0.2) is 14.8 Å². The lowest BCUT2D eigenvalue weighted by Gasteiger charge is -2.17. The number of rotatable bonds is 3. The Kier molecular flexibility index (Phi) is 4.50. The van der Waals surface area contributed by atoms with Gasteiger partial charge in [0.25, 0.3) is 11.5 Å². The summed E-state index contributed by atoms with van der Waals surface area (Å²) in [6.45, 7) is 1.21. The van der Waals surface area contributed by atoms with E-state index in [1.165, 1.54) is 21.7 Å². The van der Waals surface area contributed by atoms with Gasteiger partial charge in [-0.1, -0.05) is 0 Å². The van der Waals surface area contributed by atoms with Crippen molar-refractivity contribution in [3.8, 4) is 0 Å². The van der Waals surface area contributed by atoms with Crippen molar-refractivity contribution in [2.75, 3.05) is 6.54 Å². The maximum Gasteiger partial charge on any atom is 0.315 e. The molecule has 0 fully saturated rings. The molecule has 0 radical (unpaired) electrons. The fraction of sp³-hybridized carbons (Fsp3) is 0.400. The molecule has 0 unspecified atom stereocenters. The van der Waals surface area contributed by atoms with Gasteiger partial charge in [-0.15, -0.1) is 0 Å². The molecule has 3 rings (SSSR count). The molecule has 1 aliphatic rings. The summed E-state index contributed by atoms with van der Waals surface area (Å²) >= 11 is 0. The number of hydrogen-bond acceptors (Lipinski definition) is 5. The summed E-state index contributed by atoms with van der Waals surface area (Å²) < 4.78 is 3.13. The first kappa shape index (κ1) is 16.7. The Morgan fingerprint density at radius 1 is 1.36 bits per heavy atom. The number of aromatic nitrogens is 4. The number of primary amides is 1. The molecule has 25 heavy (non-hydrogen) atoms. The van der Waals surface area contributed by atoms with E-state index < -0.39 is 6.03 Å². The number of fused-ring (bicyclic) bond motifs is 1. The van der Waals surface area contributed by atoms with Crippen LogP contribution < -0.4 is 16.6 Å². The minimum atomic E-state index is -0.545. The Labute approximate surface area is 143 Å². The average Bonchev–Trinajstić information content (AvgIpc) is 2.87. The maximum atomic E-state index is 12.3. The molecule has 0 atom stereocenters. The topological polar surface area (TPSA) is 128 Å². The third-order valence-electron chi connectivity index (χ3n) is 4.05. The van der Waals surface area contributed by atoms with Crippen molar-refractivity contribution in [2.24, 2.45) is 12.8 Å². The van der Waals surface area contributed by atoms with Crippen molar-refractivity contribution in [1.82, 2.24) is 29.3 Å². The van der Waals surface area contributed by atoms with Crippen LogP contribution in [0.3, 0.4) is 0 Å².